The molecule has 7 atom stereocenters. The van der Waals surface area contributed by atoms with Crippen LogP contribution in [0.25, 0.3) is 0 Å². The van der Waals surface area contributed by atoms with Gasteiger partial charge in [-0.15, -0.1) is 0 Å². The fourth-order valence-corrected chi connectivity index (χ4v) is 7.92. The van der Waals surface area contributed by atoms with Gasteiger partial charge >= 0.3 is 5.97 Å². The van der Waals surface area contributed by atoms with Gasteiger partial charge in [0.2, 0.25) is 0 Å². The van der Waals surface area contributed by atoms with Crippen LogP contribution in [0.3, 0.4) is 0 Å². The predicted octanol–water partition coefficient (Wildman–Crippen LogP) is 4.88. The number of carbonyl (C=O) groups is 2. The number of amides is 1. The fraction of sp³-hybridized carbons (Fsp3) is 0.581. The molecule has 0 radical (unpaired) electrons. The van der Waals surface area contributed by atoms with Crippen molar-refractivity contribution in [1.29, 1.82) is 0 Å². The van der Waals surface area contributed by atoms with Gasteiger partial charge in [0.05, 0.1) is 12.7 Å². The number of ether oxygens (including phenoxy) is 1. The molecule has 0 heterocycles. The molecule has 5 rings (SSSR count). The third-order valence-corrected chi connectivity index (χ3v) is 10.4. The van der Waals surface area contributed by atoms with Gasteiger partial charge in [-0.05, 0) is 86.3 Å². The summed E-state index contributed by atoms with van der Waals surface area (Å²) < 4.78 is 4.85. The molecule has 7 heteroatoms. The second-order valence-corrected chi connectivity index (χ2v) is 12.2. The van der Waals surface area contributed by atoms with Gasteiger partial charge < -0.3 is 20.0 Å². The zero-order chi connectivity index (χ0) is 27.1. The SMILES string of the molecule is COC(=O)C(NC(=O)CON=C1C=C[C@@]2(C)C(=C1)CCC1C2CC[C@@]2(C)C1CC[C@]2(C)O)c1ccccc1. The van der Waals surface area contributed by atoms with E-state index in [1.165, 1.54) is 12.7 Å². The first-order valence-electron chi connectivity index (χ1n) is 13.8. The number of nitrogens with zero attached hydrogens (tertiary/aromatic N) is 1. The Bertz CT molecular complexity index is 1170. The van der Waals surface area contributed by atoms with Gasteiger partial charge in [-0.2, -0.15) is 0 Å². The Morgan fingerprint density at radius 3 is 2.58 bits per heavy atom. The quantitative estimate of drug-likeness (QED) is 0.412. The molecule has 0 aromatic heterocycles. The second kappa shape index (κ2) is 9.99. The molecule has 3 fully saturated rings. The van der Waals surface area contributed by atoms with E-state index in [-0.39, 0.29) is 17.4 Å². The number of methoxy groups -OCH3 is 1. The summed E-state index contributed by atoms with van der Waals surface area (Å²) in [5, 5.41) is 18.0. The van der Waals surface area contributed by atoms with Crippen LogP contribution in [0, 0.1) is 28.6 Å². The molecule has 1 aromatic rings. The summed E-state index contributed by atoms with van der Waals surface area (Å²) in [6.07, 6.45) is 12.8. The lowest BCUT2D eigenvalue weighted by Crippen LogP contribution is -2.53. The molecule has 0 aliphatic heterocycles. The van der Waals surface area contributed by atoms with Crippen LogP contribution in [0.2, 0.25) is 0 Å². The van der Waals surface area contributed by atoms with Crippen LogP contribution in [0.4, 0.5) is 0 Å². The number of aliphatic hydroxyl groups is 1. The first kappa shape index (κ1) is 26.7. The monoisotopic (exact) mass is 520 g/mol. The number of fused-ring (bicyclic) bond motifs is 5. The van der Waals surface area contributed by atoms with Gasteiger partial charge in [0.1, 0.15) is 5.71 Å². The van der Waals surface area contributed by atoms with Gasteiger partial charge in [0.25, 0.3) is 5.91 Å². The molecule has 0 bridgehead atoms. The summed E-state index contributed by atoms with van der Waals surface area (Å²) in [6, 6.07) is 8.05. The van der Waals surface area contributed by atoms with Crippen molar-refractivity contribution < 1.29 is 24.3 Å². The molecular formula is C31H40N2O5. The Labute approximate surface area is 225 Å². The molecule has 38 heavy (non-hydrogen) atoms. The molecule has 4 aliphatic rings. The van der Waals surface area contributed by atoms with Gasteiger partial charge in [-0.25, -0.2) is 4.79 Å². The Morgan fingerprint density at radius 1 is 1.11 bits per heavy atom. The molecule has 1 amide bonds. The highest BCUT2D eigenvalue weighted by molar-refractivity contribution is 6.05. The van der Waals surface area contributed by atoms with Crippen molar-refractivity contribution in [3.05, 3.63) is 59.7 Å². The van der Waals surface area contributed by atoms with Crippen LogP contribution in [-0.4, -0.2) is 42.0 Å². The number of oxime groups is 1. The summed E-state index contributed by atoms with van der Waals surface area (Å²) in [7, 11) is 1.29. The maximum Gasteiger partial charge on any atom is 0.333 e. The number of allylic oxidation sites excluding steroid dienone is 4. The third kappa shape index (κ3) is 4.49. The lowest BCUT2D eigenvalue weighted by Gasteiger charge is -2.58. The van der Waals surface area contributed by atoms with Crippen LogP contribution < -0.4 is 5.32 Å². The summed E-state index contributed by atoms with van der Waals surface area (Å²) in [6.45, 7) is 6.41. The number of nitrogens with one attached hydrogen (secondary N) is 1. The zero-order valence-corrected chi connectivity index (χ0v) is 22.9. The molecule has 4 unspecified atom stereocenters. The molecule has 0 saturated heterocycles. The van der Waals surface area contributed by atoms with Crippen LogP contribution in [-0.2, 0) is 19.2 Å². The summed E-state index contributed by atoms with van der Waals surface area (Å²) in [4.78, 5) is 30.1. The number of hydrogen-bond acceptors (Lipinski definition) is 6. The lowest BCUT2D eigenvalue weighted by atomic mass is 9.47. The molecule has 3 saturated carbocycles. The van der Waals surface area contributed by atoms with Crippen LogP contribution in [0.15, 0.2) is 59.3 Å². The molecule has 0 spiro atoms. The minimum absolute atomic E-state index is 0.0124. The van der Waals surface area contributed by atoms with E-state index >= 15 is 0 Å². The molecule has 1 aromatic carbocycles. The fourth-order valence-electron chi connectivity index (χ4n) is 7.92. The van der Waals surface area contributed by atoms with Gasteiger partial charge in [-0.1, -0.05) is 61.0 Å². The summed E-state index contributed by atoms with van der Waals surface area (Å²) >= 11 is 0. The maximum absolute atomic E-state index is 12.5. The van der Waals surface area contributed by atoms with Crippen LogP contribution in [0.1, 0.15) is 70.9 Å². The molecule has 7 nitrogen and oxygen atoms in total. The third-order valence-electron chi connectivity index (χ3n) is 10.4. The van der Waals surface area contributed by atoms with Gasteiger partial charge in [0, 0.05) is 5.41 Å². The van der Waals surface area contributed by atoms with Crippen molar-refractivity contribution in [2.24, 2.45) is 33.7 Å². The minimum Gasteiger partial charge on any atom is -0.467 e. The van der Waals surface area contributed by atoms with Crippen LogP contribution >= 0.6 is 0 Å². The summed E-state index contributed by atoms with van der Waals surface area (Å²) in [5.74, 6) is 0.760. The Balaban J connectivity index is 1.22. The Kier molecular flexibility index (Phi) is 7.01. The normalized spacial score (nSPS) is 37.3. The van der Waals surface area contributed by atoms with Crippen molar-refractivity contribution in [3.8, 4) is 0 Å². The molecule has 204 valence electrons. The van der Waals surface area contributed by atoms with Crippen molar-refractivity contribution in [2.45, 2.75) is 70.9 Å². The van der Waals surface area contributed by atoms with Gasteiger partial charge in [0.15, 0.2) is 12.6 Å². The number of carbonyl (C=O) groups excluding carboxylic acids is 2. The molecule has 2 N–H and O–H groups in total. The average Bonchev–Trinajstić information content (AvgIpc) is 3.16. The van der Waals surface area contributed by atoms with Gasteiger partial charge in [-0.3, -0.25) is 4.79 Å². The Hall–Kier alpha value is -2.93. The maximum atomic E-state index is 12.5. The number of rotatable bonds is 6. The van der Waals surface area contributed by atoms with Crippen molar-refractivity contribution in [3.63, 3.8) is 0 Å². The highest BCUT2D eigenvalue weighted by atomic mass is 16.6. The van der Waals surface area contributed by atoms with E-state index < -0.39 is 23.5 Å². The average molecular weight is 521 g/mol. The van der Waals surface area contributed by atoms with Crippen molar-refractivity contribution in [2.75, 3.05) is 13.7 Å². The first-order chi connectivity index (χ1) is 18.1. The highest BCUT2D eigenvalue weighted by Gasteiger charge is 2.61. The number of esters is 1. The first-order valence-corrected chi connectivity index (χ1v) is 13.8. The van der Waals surface area contributed by atoms with E-state index in [9.17, 15) is 14.7 Å². The zero-order valence-electron chi connectivity index (χ0n) is 22.9. The van der Waals surface area contributed by atoms with E-state index in [1.54, 1.807) is 24.3 Å². The van der Waals surface area contributed by atoms with Crippen molar-refractivity contribution >= 4 is 17.6 Å². The summed E-state index contributed by atoms with van der Waals surface area (Å²) in [5.41, 5.74) is 2.13. The highest BCUT2D eigenvalue weighted by Crippen LogP contribution is 2.66. The molecular weight excluding hydrogens is 480 g/mol. The lowest BCUT2D eigenvalue weighted by molar-refractivity contribution is -0.145. The largest absolute Gasteiger partial charge is 0.467 e. The minimum atomic E-state index is -0.904. The topological polar surface area (TPSA) is 97.2 Å². The second-order valence-electron chi connectivity index (χ2n) is 12.2. The Morgan fingerprint density at radius 2 is 1.84 bits per heavy atom. The van der Waals surface area contributed by atoms with E-state index in [4.69, 9.17) is 9.57 Å². The van der Waals surface area contributed by atoms with E-state index in [2.05, 4.69) is 36.5 Å². The van der Waals surface area contributed by atoms with E-state index in [0.29, 0.717) is 29.0 Å². The predicted molar refractivity (Wildman–Crippen MR) is 145 cm³/mol. The molecule has 4 aliphatic carbocycles. The van der Waals surface area contributed by atoms with E-state index in [1.807, 2.05) is 19.1 Å². The standard InChI is InChI=1S/C31H40N2O5/c1-29-15-12-22(33-38-19-26(34)32-27(28(35)37-4)20-8-6-5-7-9-20)18-21(29)10-11-23-24(29)13-16-30(2)25(23)14-17-31(30,3)36/h5-9,12,15,18,23-25,27,36H,10-11,13-14,16-17,19H2,1-4H3,(H,32,34)/t23?,24?,25?,27?,29-,30-,31-/m0/s1. The smallest absolute Gasteiger partial charge is 0.333 e. The van der Waals surface area contributed by atoms with Crippen molar-refractivity contribution in [1.82, 2.24) is 5.32 Å². The number of benzene rings is 1. The number of hydrogen-bond donors (Lipinski definition) is 2. The van der Waals surface area contributed by atoms with Crippen LogP contribution in [0.5, 0.6) is 0 Å². The van der Waals surface area contributed by atoms with E-state index in [0.717, 1.165) is 38.5 Å².